The fourth-order valence-electron chi connectivity index (χ4n) is 2.41. The van der Waals surface area contributed by atoms with Crippen LogP contribution >= 0.6 is 0 Å². The summed E-state index contributed by atoms with van der Waals surface area (Å²) in [6, 6.07) is 0. The zero-order chi connectivity index (χ0) is 9.26. The second-order valence-corrected chi connectivity index (χ2v) is 4.18. The number of allylic oxidation sites excluding steroid dienone is 2. The molecule has 0 aromatic rings. The summed E-state index contributed by atoms with van der Waals surface area (Å²) in [6.07, 6.45) is 7.34. The van der Waals surface area contributed by atoms with Gasteiger partial charge in [-0.05, 0) is 37.5 Å². The molecule has 0 radical (unpaired) electrons. The van der Waals surface area contributed by atoms with Crippen LogP contribution in [0.3, 0.4) is 0 Å². The molecule has 0 aliphatic heterocycles. The van der Waals surface area contributed by atoms with Crippen LogP contribution in [0, 0.1) is 17.8 Å². The van der Waals surface area contributed by atoms with Crippen LogP contribution in [0.2, 0.25) is 0 Å². The van der Waals surface area contributed by atoms with Gasteiger partial charge in [-0.25, -0.2) is 0 Å². The molecule has 2 nitrogen and oxygen atoms in total. The first-order valence-electron chi connectivity index (χ1n) is 5.12. The minimum atomic E-state index is -0.0527. The van der Waals surface area contributed by atoms with Gasteiger partial charge in [-0.1, -0.05) is 12.2 Å². The van der Waals surface area contributed by atoms with Gasteiger partial charge in [0.15, 0.2) is 6.29 Å². The van der Waals surface area contributed by atoms with E-state index < -0.39 is 0 Å². The van der Waals surface area contributed by atoms with Crippen LogP contribution in [0.1, 0.15) is 19.8 Å². The average Bonchev–Trinajstić information content (AvgIpc) is 2.74. The number of fused-ring (bicyclic) bond motifs is 2. The third-order valence-electron chi connectivity index (χ3n) is 3.29. The lowest BCUT2D eigenvalue weighted by molar-refractivity contribution is -0.121. The predicted octanol–water partition coefficient (Wildman–Crippen LogP) is 2.21. The Labute approximate surface area is 79.9 Å². The van der Waals surface area contributed by atoms with E-state index in [0.29, 0.717) is 0 Å². The lowest BCUT2D eigenvalue weighted by Crippen LogP contribution is -2.19. The minimum Gasteiger partial charge on any atom is -0.356 e. The molecule has 2 bridgehead atoms. The molecule has 0 heterocycles. The zero-order valence-electron chi connectivity index (χ0n) is 8.40. The molecule has 0 saturated heterocycles. The molecular weight excluding hydrogens is 164 g/mol. The molecule has 13 heavy (non-hydrogen) atoms. The first-order chi connectivity index (χ1) is 6.29. The topological polar surface area (TPSA) is 18.5 Å². The molecule has 0 aromatic carbocycles. The Balaban J connectivity index is 1.75. The van der Waals surface area contributed by atoms with Gasteiger partial charge in [0, 0.05) is 7.11 Å². The van der Waals surface area contributed by atoms with E-state index in [4.69, 9.17) is 9.47 Å². The quantitative estimate of drug-likeness (QED) is 0.490. The Bertz CT molecular complexity index is 200. The largest absolute Gasteiger partial charge is 0.356 e. The lowest BCUT2D eigenvalue weighted by Gasteiger charge is -2.20. The van der Waals surface area contributed by atoms with Crippen molar-refractivity contribution >= 4 is 0 Å². The summed E-state index contributed by atoms with van der Waals surface area (Å²) in [4.78, 5) is 0. The van der Waals surface area contributed by atoms with E-state index in [1.165, 1.54) is 12.8 Å². The zero-order valence-corrected chi connectivity index (χ0v) is 8.40. The molecule has 0 amide bonds. The smallest absolute Gasteiger partial charge is 0.154 e. The molecule has 2 aliphatic rings. The Morgan fingerprint density at radius 1 is 1.38 bits per heavy atom. The highest BCUT2D eigenvalue weighted by atomic mass is 16.7. The molecular formula is C11H18O2. The summed E-state index contributed by atoms with van der Waals surface area (Å²) >= 11 is 0. The number of methoxy groups -OCH3 is 1. The molecule has 4 atom stereocenters. The van der Waals surface area contributed by atoms with Gasteiger partial charge >= 0.3 is 0 Å². The van der Waals surface area contributed by atoms with E-state index in [1.54, 1.807) is 7.11 Å². The highest BCUT2D eigenvalue weighted by molar-refractivity contribution is 5.09. The summed E-state index contributed by atoms with van der Waals surface area (Å²) in [5.74, 6) is 2.37. The molecule has 2 rings (SSSR count). The van der Waals surface area contributed by atoms with Gasteiger partial charge in [-0.15, -0.1) is 0 Å². The number of hydrogen-bond acceptors (Lipinski definition) is 2. The number of ether oxygens (including phenoxy) is 2. The average molecular weight is 182 g/mol. The summed E-state index contributed by atoms with van der Waals surface area (Å²) < 4.78 is 10.6. The SMILES string of the molecule is COC(C)OCC1CC2C=CC1C2. The van der Waals surface area contributed by atoms with E-state index in [9.17, 15) is 0 Å². The highest BCUT2D eigenvalue weighted by Crippen LogP contribution is 2.43. The molecule has 74 valence electrons. The second-order valence-electron chi connectivity index (χ2n) is 4.18. The van der Waals surface area contributed by atoms with Crippen LogP contribution in [0.15, 0.2) is 12.2 Å². The second kappa shape index (κ2) is 3.81. The summed E-state index contributed by atoms with van der Waals surface area (Å²) in [6.45, 7) is 2.81. The lowest BCUT2D eigenvalue weighted by atomic mass is 9.95. The van der Waals surface area contributed by atoms with E-state index in [-0.39, 0.29) is 6.29 Å². The van der Waals surface area contributed by atoms with Crippen molar-refractivity contribution in [2.75, 3.05) is 13.7 Å². The van der Waals surface area contributed by atoms with Crippen LogP contribution in [0.25, 0.3) is 0 Å². The summed E-state index contributed by atoms with van der Waals surface area (Å²) in [5.41, 5.74) is 0. The van der Waals surface area contributed by atoms with Gasteiger partial charge in [-0.2, -0.15) is 0 Å². The van der Waals surface area contributed by atoms with Crippen LogP contribution in [-0.4, -0.2) is 20.0 Å². The molecule has 2 heteroatoms. The summed E-state index contributed by atoms with van der Waals surface area (Å²) in [7, 11) is 1.69. The molecule has 2 aliphatic carbocycles. The van der Waals surface area contributed by atoms with Crippen molar-refractivity contribution in [2.45, 2.75) is 26.1 Å². The Kier molecular flexibility index (Phi) is 2.70. The van der Waals surface area contributed by atoms with Crippen molar-refractivity contribution in [3.8, 4) is 0 Å². The highest BCUT2D eigenvalue weighted by Gasteiger charge is 2.35. The summed E-state index contributed by atoms with van der Waals surface area (Å²) in [5, 5.41) is 0. The maximum atomic E-state index is 5.57. The standard InChI is InChI=1S/C11H18O2/c1-8(12-2)13-7-11-6-9-3-4-10(11)5-9/h3-4,8-11H,5-7H2,1-2H3. The maximum Gasteiger partial charge on any atom is 0.154 e. The Hall–Kier alpha value is -0.340. The van der Waals surface area contributed by atoms with Crippen molar-refractivity contribution in [2.24, 2.45) is 17.8 Å². The van der Waals surface area contributed by atoms with Crippen molar-refractivity contribution in [3.63, 3.8) is 0 Å². The molecule has 1 fully saturated rings. The van der Waals surface area contributed by atoms with Crippen molar-refractivity contribution in [3.05, 3.63) is 12.2 Å². The van der Waals surface area contributed by atoms with Crippen molar-refractivity contribution in [1.82, 2.24) is 0 Å². The van der Waals surface area contributed by atoms with Crippen molar-refractivity contribution < 1.29 is 9.47 Å². The maximum absolute atomic E-state index is 5.57. The predicted molar refractivity (Wildman–Crippen MR) is 51.3 cm³/mol. The molecule has 0 spiro atoms. The minimum absolute atomic E-state index is 0.0527. The first kappa shape index (κ1) is 9.22. The monoisotopic (exact) mass is 182 g/mol. The van der Waals surface area contributed by atoms with E-state index in [0.717, 1.165) is 24.4 Å². The fraction of sp³-hybridized carbons (Fsp3) is 0.818. The van der Waals surface area contributed by atoms with Crippen molar-refractivity contribution in [1.29, 1.82) is 0 Å². The van der Waals surface area contributed by atoms with Crippen LogP contribution in [0.4, 0.5) is 0 Å². The van der Waals surface area contributed by atoms with Gasteiger partial charge in [0.25, 0.3) is 0 Å². The molecule has 4 unspecified atom stereocenters. The van der Waals surface area contributed by atoms with Gasteiger partial charge in [0.05, 0.1) is 6.61 Å². The third kappa shape index (κ3) is 1.94. The third-order valence-corrected chi connectivity index (χ3v) is 3.29. The molecule has 1 saturated carbocycles. The van der Waals surface area contributed by atoms with Crippen LogP contribution in [-0.2, 0) is 9.47 Å². The fourth-order valence-corrected chi connectivity index (χ4v) is 2.41. The van der Waals surface area contributed by atoms with E-state index in [1.807, 2.05) is 6.92 Å². The number of hydrogen-bond donors (Lipinski definition) is 0. The van der Waals surface area contributed by atoms with Gasteiger partial charge in [-0.3, -0.25) is 0 Å². The van der Waals surface area contributed by atoms with Crippen LogP contribution < -0.4 is 0 Å². The Morgan fingerprint density at radius 2 is 2.23 bits per heavy atom. The molecule has 0 aromatic heterocycles. The Morgan fingerprint density at radius 3 is 2.77 bits per heavy atom. The van der Waals surface area contributed by atoms with Crippen LogP contribution in [0.5, 0.6) is 0 Å². The molecule has 0 N–H and O–H groups in total. The van der Waals surface area contributed by atoms with Gasteiger partial charge in [0.2, 0.25) is 0 Å². The van der Waals surface area contributed by atoms with Gasteiger partial charge in [0.1, 0.15) is 0 Å². The number of rotatable bonds is 4. The van der Waals surface area contributed by atoms with E-state index in [2.05, 4.69) is 12.2 Å². The normalized spacial score (nSPS) is 38.5. The van der Waals surface area contributed by atoms with E-state index >= 15 is 0 Å². The van der Waals surface area contributed by atoms with Gasteiger partial charge < -0.3 is 9.47 Å². The first-order valence-corrected chi connectivity index (χ1v) is 5.12.